The number of hydrogen-bond donors (Lipinski definition) is 3. The lowest BCUT2D eigenvalue weighted by molar-refractivity contribution is -0.246. The normalized spacial score (nSPS) is 49.0. The van der Waals surface area contributed by atoms with Gasteiger partial charge in [-0.1, -0.05) is 34.6 Å². The van der Waals surface area contributed by atoms with Crippen molar-refractivity contribution in [1.82, 2.24) is 0 Å². The highest BCUT2D eigenvalue weighted by Crippen LogP contribution is 2.75. The van der Waals surface area contributed by atoms with Gasteiger partial charge in [-0.2, -0.15) is 0 Å². The van der Waals surface area contributed by atoms with E-state index in [-0.39, 0.29) is 51.3 Å². The third kappa shape index (κ3) is 4.07. The molecule has 4 nitrogen and oxygen atoms in total. The molecule has 0 radical (unpaired) electrons. The Bertz CT molecular complexity index is 789. The molecule has 0 bridgehead atoms. The fourth-order valence-electron chi connectivity index (χ4n) is 10.6. The number of aliphatic hydroxyl groups excluding tert-OH is 2. The molecule has 0 aromatic rings. The highest BCUT2D eigenvalue weighted by Gasteiger charge is 2.71. The van der Waals surface area contributed by atoms with Crippen LogP contribution >= 0.6 is 0 Å². The van der Waals surface area contributed by atoms with Crippen molar-refractivity contribution in [3.05, 3.63) is 0 Å². The first kappa shape index (κ1) is 27.9. The first-order valence-corrected chi connectivity index (χ1v) is 14.6. The van der Waals surface area contributed by atoms with Gasteiger partial charge in [0.15, 0.2) is 0 Å². The van der Waals surface area contributed by atoms with Crippen molar-refractivity contribution in [1.29, 1.82) is 0 Å². The van der Waals surface area contributed by atoms with Crippen LogP contribution in [0.3, 0.4) is 0 Å². The van der Waals surface area contributed by atoms with Crippen LogP contribution < -0.4 is 0 Å². The molecule has 0 aromatic carbocycles. The number of hydrogen-bond acceptors (Lipinski definition) is 4. The van der Waals surface area contributed by atoms with Crippen LogP contribution in [0.25, 0.3) is 0 Å². The molecule has 4 saturated carbocycles. The molecule has 0 aliphatic heterocycles. The Labute approximate surface area is 215 Å². The van der Waals surface area contributed by atoms with Gasteiger partial charge in [0.05, 0.1) is 23.4 Å². The van der Waals surface area contributed by atoms with Crippen LogP contribution in [0, 0.1) is 45.3 Å². The zero-order valence-electron chi connectivity index (χ0n) is 24.3. The number of rotatable bonds is 6. The Morgan fingerprint density at radius 1 is 0.829 bits per heavy atom. The van der Waals surface area contributed by atoms with E-state index in [9.17, 15) is 15.3 Å². The van der Waals surface area contributed by atoms with E-state index >= 15 is 0 Å². The molecule has 4 aliphatic carbocycles. The van der Waals surface area contributed by atoms with Gasteiger partial charge in [-0.25, -0.2) is 0 Å². The number of ether oxygens (including phenoxy) is 1. The van der Waals surface area contributed by atoms with E-state index in [1.54, 1.807) is 7.11 Å². The van der Waals surface area contributed by atoms with E-state index in [2.05, 4.69) is 48.5 Å². The van der Waals surface area contributed by atoms with Gasteiger partial charge in [0.1, 0.15) is 0 Å². The van der Waals surface area contributed by atoms with Gasteiger partial charge in [-0.15, -0.1) is 0 Å². The number of fused-ring (bicyclic) bond motifs is 5. The topological polar surface area (TPSA) is 69.9 Å². The van der Waals surface area contributed by atoms with Crippen molar-refractivity contribution in [3.8, 4) is 0 Å². The minimum atomic E-state index is -0.769. The Kier molecular flexibility index (Phi) is 6.91. The maximum atomic E-state index is 11.8. The zero-order valence-corrected chi connectivity index (χ0v) is 24.3. The molecule has 0 aromatic heterocycles. The second-order valence-electron chi connectivity index (χ2n) is 15.5. The summed E-state index contributed by atoms with van der Waals surface area (Å²) in [5.41, 5.74) is -0.672. The Morgan fingerprint density at radius 3 is 2.09 bits per heavy atom. The zero-order chi connectivity index (χ0) is 26.2. The first-order valence-electron chi connectivity index (χ1n) is 14.6. The smallest absolute Gasteiger partial charge is 0.0651 e. The van der Waals surface area contributed by atoms with Crippen LogP contribution in [0.4, 0.5) is 0 Å². The van der Waals surface area contributed by atoms with Crippen molar-refractivity contribution in [2.75, 3.05) is 7.11 Å². The molecule has 4 fully saturated rings. The van der Waals surface area contributed by atoms with Crippen LogP contribution in [-0.2, 0) is 4.74 Å². The molecule has 10 atom stereocenters. The van der Waals surface area contributed by atoms with Crippen molar-refractivity contribution in [3.63, 3.8) is 0 Å². The van der Waals surface area contributed by atoms with E-state index in [4.69, 9.17) is 4.74 Å². The Balaban J connectivity index is 1.60. The summed E-state index contributed by atoms with van der Waals surface area (Å²) in [4.78, 5) is 0. The summed E-state index contributed by atoms with van der Waals surface area (Å²) < 4.78 is 5.61. The lowest BCUT2D eigenvalue weighted by Crippen LogP contribution is -2.66. The van der Waals surface area contributed by atoms with Gasteiger partial charge in [0.2, 0.25) is 0 Å². The Hall–Kier alpha value is -0.160. The molecule has 0 spiro atoms. The standard InChI is InChI=1S/C31H56O4/c1-26(2,35-9)14-10-15-31(8,34)20-11-17-30(7)25(20)21(32)19-23-28(5)16-13-24(33)27(3,4)22(28)12-18-29(23,30)6/h20-25,32-34H,10-19H2,1-9H3/t20?,21-,22?,23?,24+,25?,28+,29-,30-,31+/m1/s1. The van der Waals surface area contributed by atoms with E-state index in [1.807, 2.05) is 6.92 Å². The van der Waals surface area contributed by atoms with E-state index in [0.29, 0.717) is 11.8 Å². The molecule has 4 heteroatoms. The average Bonchev–Trinajstić information content (AvgIpc) is 3.14. The predicted octanol–water partition coefficient (Wildman–Crippen LogP) is 6.35. The highest BCUT2D eigenvalue weighted by atomic mass is 16.5. The SMILES string of the molecule is COC(C)(C)CCC[C@](C)(O)C1CC[C@]2(C)C1[C@H](O)CC1[C@@]3(C)CC[C@H](O)C(C)(C)C3CC[C@]12C. The fraction of sp³-hybridized carbons (Fsp3) is 1.00. The van der Waals surface area contributed by atoms with Gasteiger partial charge in [0.25, 0.3) is 0 Å². The van der Waals surface area contributed by atoms with Crippen LogP contribution in [0.15, 0.2) is 0 Å². The van der Waals surface area contributed by atoms with E-state index in [1.165, 1.54) is 12.8 Å². The maximum absolute atomic E-state index is 11.8. The molecule has 3 N–H and O–H groups in total. The van der Waals surface area contributed by atoms with E-state index < -0.39 is 5.60 Å². The van der Waals surface area contributed by atoms with Crippen molar-refractivity contribution in [2.24, 2.45) is 45.3 Å². The molecule has 4 rings (SSSR count). The summed E-state index contributed by atoms with van der Waals surface area (Å²) in [6.45, 7) is 18.3. The molecule has 204 valence electrons. The second-order valence-corrected chi connectivity index (χ2v) is 15.5. The van der Waals surface area contributed by atoms with Gasteiger partial charge in [-0.05, 0) is 130 Å². The molecular formula is C31H56O4. The van der Waals surface area contributed by atoms with Gasteiger partial charge in [-0.3, -0.25) is 0 Å². The fourth-order valence-corrected chi connectivity index (χ4v) is 10.6. The largest absolute Gasteiger partial charge is 0.393 e. The summed E-state index contributed by atoms with van der Waals surface area (Å²) in [5, 5.41) is 34.5. The lowest BCUT2D eigenvalue weighted by Gasteiger charge is -2.70. The third-order valence-corrected chi connectivity index (χ3v) is 13.2. The first-order chi connectivity index (χ1) is 16.0. The number of methoxy groups -OCH3 is 1. The summed E-state index contributed by atoms with van der Waals surface area (Å²) >= 11 is 0. The molecule has 0 amide bonds. The molecular weight excluding hydrogens is 436 g/mol. The summed E-state index contributed by atoms with van der Waals surface area (Å²) in [5.74, 6) is 1.24. The van der Waals surface area contributed by atoms with Gasteiger partial charge >= 0.3 is 0 Å². The van der Waals surface area contributed by atoms with Crippen molar-refractivity contribution >= 4 is 0 Å². The van der Waals surface area contributed by atoms with Crippen molar-refractivity contribution in [2.45, 2.75) is 143 Å². The van der Waals surface area contributed by atoms with Gasteiger partial charge in [0, 0.05) is 7.11 Å². The second kappa shape index (κ2) is 8.68. The molecule has 0 heterocycles. The van der Waals surface area contributed by atoms with Crippen LogP contribution in [0.5, 0.6) is 0 Å². The monoisotopic (exact) mass is 492 g/mol. The predicted molar refractivity (Wildman–Crippen MR) is 142 cm³/mol. The minimum absolute atomic E-state index is 0.0317. The van der Waals surface area contributed by atoms with E-state index in [0.717, 1.165) is 51.4 Å². The summed E-state index contributed by atoms with van der Waals surface area (Å²) in [6.07, 6.45) is 9.25. The quantitative estimate of drug-likeness (QED) is 0.404. The van der Waals surface area contributed by atoms with Crippen molar-refractivity contribution < 1.29 is 20.1 Å². The maximum Gasteiger partial charge on any atom is 0.0651 e. The Morgan fingerprint density at radius 2 is 1.46 bits per heavy atom. The van der Waals surface area contributed by atoms with Gasteiger partial charge < -0.3 is 20.1 Å². The van der Waals surface area contributed by atoms with Crippen LogP contribution in [0.1, 0.15) is 120 Å². The molecule has 35 heavy (non-hydrogen) atoms. The van der Waals surface area contributed by atoms with Crippen LogP contribution in [0.2, 0.25) is 0 Å². The van der Waals surface area contributed by atoms with Crippen LogP contribution in [-0.4, -0.2) is 45.8 Å². The lowest BCUT2D eigenvalue weighted by atomic mass is 9.35. The molecule has 4 aliphatic rings. The summed E-state index contributed by atoms with van der Waals surface area (Å²) in [6, 6.07) is 0. The minimum Gasteiger partial charge on any atom is -0.393 e. The highest BCUT2D eigenvalue weighted by molar-refractivity contribution is 5.19. The average molecular weight is 493 g/mol. The molecule has 0 saturated heterocycles. The third-order valence-electron chi connectivity index (χ3n) is 13.2. The summed E-state index contributed by atoms with van der Waals surface area (Å²) in [7, 11) is 1.76. The number of aliphatic hydroxyl groups is 3. The molecule has 4 unspecified atom stereocenters.